The summed E-state index contributed by atoms with van der Waals surface area (Å²) in [4.78, 5) is 1.12. The van der Waals surface area contributed by atoms with Crippen LogP contribution in [0.15, 0.2) is 12.1 Å². The molecule has 1 aromatic rings. The van der Waals surface area contributed by atoms with Crippen LogP contribution in [-0.4, -0.2) is 25.4 Å². The molecule has 0 radical (unpaired) electrons. The molecule has 2 nitrogen and oxygen atoms in total. The molecule has 78 valence electrons. The molecule has 5 heteroatoms. The Morgan fingerprint density at radius 3 is 3.00 bits per heavy atom. The van der Waals surface area contributed by atoms with Gasteiger partial charge in [0, 0.05) is 11.4 Å². The van der Waals surface area contributed by atoms with Gasteiger partial charge < -0.3 is 10.1 Å². The number of alkyl halides is 1. The first-order valence-electron chi connectivity index (χ1n) is 4.45. The summed E-state index contributed by atoms with van der Waals surface area (Å²) >= 11 is 7.29. The Kier molecular flexibility index (Phi) is 3.38. The lowest BCUT2D eigenvalue weighted by atomic mass is 10.2. The smallest absolute Gasteiger partial charge is 0.141 e. The molecule has 2 atom stereocenters. The van der Waals surface area contributed by atoms with Gasteiger partial charge in [-0.15, -0.1) is 11.3 Å². The van der Waals surface area contributed by atoms with E-state index in [-0.39, 0.29) is 12.6 Å². The predicted molar refractivity (Wildman–Crippen MR) is 55.7 cm³/mol. The first kappa shape index (κ1) is 10.4. The van der Waals surface area contributed by atoms with Gasteiger partial charge in [-0.25, -0.2) is 4.39 Å². The fourth-order valence-corrected chi connectivity index (χ4v) is 2.43. The van der Waals surface area contributed by atoms with Crippen molar-refractivity contribution in [2.24, 2.45) is 0 Å². The Bertz CT molecular complexity index is 307. The van der Waals surface area contributed by atoms with E-state index in [2.05, 4.69) is 5.32 Å². The van der Waals surface area contributed by atoms with Crippen molar-refractivity contribution >= 4 is 22.9 Å². The quantitative estimate of drug-likeness (QED) is 0.868. The van der Waals surface area contributed by atoms with E-state index in [1.165, 1.54) is 11.3 Å². The molecule has 1 aliphatic heterocycles. The van der Waals surface area contributed by atoms with Crippen LogP contribution in [0.1, 0.15) is 4.88 Å². The zero-order valence-corrected chi connectivity index (χ0v) is 9.08. The molecule has 1 aliphatic rings. The Morgan fingerprint density at radius 1 is 1.57 bits per heavy atom. The monoisotopic (exact) mass is 235 g/mol. The maximum absolute atomic E-state index is 13.1. The van der Waals surface area contributed by atoms with Gasteiger partial charge in [-0.05, 0) is 12.1 Å². The van der Waals surface area contributed by atoms with E-state index in [4.69, 9.17) is 16.3 Å². The van der Waals surface area contributed by atoms with Crippen LogP contribution in [0.2, 0.25) is 4.34 Å². The summed E-state index contributed by atoms with van der Waals surface area (Å²) in [5, 5.41) is 3.11. The molecule has 2 heterocycles. The first-order chi connectivity index (χ1) is 6.75. The lowest BCUT2D eigenvalue weighted by Crippen LogP contribution is -2.35. The average Bonchev–Trinajstić information content (AvgIpc) is 2.72. The van der Waals surface area contributed by atoms with Crippen LogP contribution >= 0.6 is 22.9 Å². The van der Waals surface area contributed by atoms with E-state index in [0.717, 1.165) is 9.21 Å². The van der Waals surface area contributed by atoms with Gasteiger partial charge in [0.25, 0.3) is 0 Å². The molecular weight excluding hydrogens is 225 g/mol. The number of ether oxygens (including phenoxy) is 1. The number of thiophene rings is 1. The van der Waals surface area contributed by atoms with Crippen molar-refractivity contribution in [3.63, 3.8) is 0 Å². The van der Waals surface area contributed by atoms with Crippen molar-refractivity contribution < 1.29 is 9.13 Å². The highest BCUT2D eigenvalue weighted by Crippen LogP contribution is 2.21. The summed E-state index contributed by atoms with van der Waals surface area (Å²) in [7, 11) is 0. The minimum absolute atomic E-state index is 0.170. The third kappa shape index (κ3) is 2.45. The van der Waals surface area contributed by atoms with Crippen LogP contribution in [0.5, 0.6) is 0 Å². The Morgan fingerprint density at radius 2 is 2.43 bits per heavy atom. The number of rotatable bonds is 3. The van der Waals surface area contributed by atoms with Crippen LogP contribution in [0.3, 0.4) is 0 Å². The van der Waals surface area contributed by atoms with E-state index in [9.17, 15) is 4.39 Å². The molecule has 1 aromatic heterocycles. The third-order valence-electron chi connectivity index (χ3n) is 2.18. The highest BCUT2D eigenvalue weighted by molar-refractivity contribution is 7.16. The minimum atomic E-state index is -0.884. The summed E-state index contributed by atoms with van der Waals surface area (Å²) in [6, 6.07) is 3.63. The van der Waals surface area contributed by atoms with Gasteiger partial charge in [-0.3, -0.25) is 0 Å². The molecular formula is C9H11ClFNOS. The molecule has 1 N–H and O–H groups in total. The summed E-state index contributed by atoms with van der Waals surface area (Å²) in [6.07, 6.45) is -0.884. The number of hydrogen-bond donors (Lipinski definition) is 1. The van der Waals surface area contributed by atoms with Crippen LogP contribution < -0.4 is 5.32 Å². The lowest BCUT2D eigenvalue weighted by molar-refractivity contribution is 0.172. The van der Waals surface area contributed by atoms with Gasteiger partial charge in [-0.1, -0.05) is 11.6 Å². The van der Waals surface area contributed by atoms with Crippen molar-refractivity contribution in [1.82, 2.24) is 5.32 Å². The number of hydrogen-bond acceptors (Lipinski definition) is 3. The molecule has 1 fully saturated rings. The molecule has 2 rings (SSSR count). The van der Waals surface area contributed by atoms with E-state index >= 15 is 0 Å². The summed E-state index contributed by atoms with van der Waals surface area (Å²) in [5.74, 6) is 0. The topological polar surface area (TPSA) is 21.3 Å². The van der Waals surface area contributed by atoms with Crippen LogP contribution in [0, 0.1) is 0 Å². The van der Waals surface area contributed by atoms with E-state index < -0.39 is 6.17 Å². The Labute approximate surface area is 91.0 Å². The van der Waals surface area contributed by atoms with Crippen molar-refractivity contribution in [3.8, 4) is 0 Å². The van der Waals surface area contributed by atoms with Gasteiger partial charge in [0.15, 0.2) is 0 Å². The van der Waals surface area contributed by atoms with Gasteiger partial charge >= 0.3 is 0 Å². The predicted octanol–water partition coefficient (Wildman–Crippen LogP) is 2.23. The minimum Gasteiger partial charge on any atom is -0.377 e. The zero-order chi connectivity index (χ0) is 9.97. The Balaban J connectivity index is 1.82. The Hall–Kier alpha value is -0.160. The average molecular weight is 236 g/mol. The first-order valence-corrected chi connectivity index (χ1v) is 5.64. The van der Waals surface area contributed by atoms with Crippen LogP contribution in [-0.2, 0) is 11.3 Å². The van der Waals surface area contributed by atoms with E-state index in [1.54, 1.807) is 0 Å². The normalized spacial score (nSPS) is 27.0. The van der Waals surface area contributed by atoms with Gasteiger partial charge in [0.05, 0.1) is 23.6 Å². The molecule has 0 saturated carbocycles. The third-order valence-corrected chi connectivity index (χ3v) is 3.41. The molecule has 2 unspecified atom stereocenters. The SMILES string of the molecule is FC1COCC1NCc1ccc(Cl)s1. The number of halogens is 2. The maximum Gasteiger partial charge on any atom is 0.141 e. The van der Waals surface area contributed by atoms with Crippen LogP contribution in [0.4, 0.5) is 4.39 Å². The second kappa shape index (κ2) is 4.57. The summed E-state index contributed by atoms with van der Waals surface area (Å²) in [6.45, 7) is 1.33. The standard InChI is InChI=1S/C9H11ClFNOS/c10-9-2-1-6(14-9)3-12-8-5-13-4-7(8)11/h1-2,7-8,12H,3-5H2. The fourth-order valence-electron chi connectivity index (χ4n) is 1.39. The lowest BCUT2D eigenvalue weighted by Gasteiger charge is -2.11. The second-order valence-electron chi connectivity index (χ2n) is 3.25. The van der Waals surface area contributed by atoms with Crippen molar-refractivity contribution in [1.29, 1.82) is 0 Å². The van der Waals surface area contributed by atoms with Crippen molar-refractivity contribution in [2.75, 3.05) is 13.2 Å². The van der Waals surface area contributed by atoms with E-state index in [1.807, 2.05) is 12.1 Å². The largest absolute Gasteiger partial charge is 0.377 e. The van der Waals surface area contributed by atoms with Crippen molar-refractivity contribution in [3.05, 3.63) is 21.3 Å². The number of nitrogens with one attached hydrogen (secondary N) is 1. The summed E-state index contributed by atoms with van der Waals surface area (Å²) in [5.41, 5.74) is 0. The van der Waals surface area contributed by atoms with Gasteiger partial charge in [0.1, 0.15) is 6.17 Å². The van der Waals surface area contributed by atoms with Crippen molar-refractivity contribution in [2.45, 2.75) is 18.8 Å². The summed E-state index contributed by atoms with van der Waals surface area (Å²) < 4.78 is 18.9. The molecule has 1 saturated heterocycles. The highest BCUT2D eigenvalue weighted by Gasteiger charge is 2.27. The fraction of sp³-hybridized carbons (Fsp3) is 0.556. The zero-order valence-electron chi connectivity index (χ0n) is 7.50. The van der Waals surface area contributed by atoms with Gasteiger partial charge in [-0.2, -0.15) is 0 Å². The molecule has 0 aliphatic carbocycles. The highest BCUT2D eigenvalue weighted by atomic mass is 35.5. The molecule has 14 heavy (non-hydrogen) atoms. The molecule has 0 amide bonds. The maximum atomic E-state index is 13.1. The second-order valence-corrected chi connectivity index (χ2v) is 5.05. The molecule has 0 bridgehead atoms. The van der Waals surface area contributed by atoms with E-state index in [0.29, 0.717) is 13.2 Å². The van der Waals surface area contributed by atoms with Crippen LogP contribution in [0.25, 0.3) is 0 Å². The van der Waals surface area contributed by atoms with Gasteiger partial charge in [0.2, 0.25) is 0 Å². The molecule has 0 aromatic carbocycles. The molecule has 0 spiro atoms.